The van der Waals surface area contributed by atoms with Gasteiger partial charge in [0.25, 0.3) is 0 Å². The van der Waals surface area contributed by atoms with Crippen LogP contribution in [-0.4, -0.2) is 21.1 Å². The minimum atomic E-state index is -0.297. The van der Waals surface area contributed by atoms with Gasteiger partial charge in [0.1, 0.15) is 5.82 Å². The molecular formula is C15H10ClFN4S. The molecule has 0 aliphatic heterocycles. The van der Waals surface area contributed by atoms with E-state index in [9.17, 15) is 4.39 Å². The highest BCUT2D eigenvalue weighted by Gasteiger charge is 2.11. The van der Waals surface area contributed by atoms with E-state index < -0.39 is 0 Å². The number of nitrogens with one attached hydrogen (secondary N) is 1. The van der Waals surface area contributed by atoms with Crippen LogP contribution in [0.3, 0.4) is 0 Å². The van der Waals surface area contributed by atoms with Crippen LogP contribution in [0, 0.1) is 10.6 Å². The van der Waals surface area contributed by atoms with Crippen molar-refractivity contribution in [3.8, 4) is 11.4 Å². The molecule has 0 unspecified atom stereocenters. The van der Waals surface area contributed by atoms with Crippen LogP contribution in [0.15, 0.2) is 53.6 Å². The number of nitrogens with zero attached hydrogens (tertiary/aromatic N) is 3. The van der Waals surface area contributed by atoms with Gasteiger partial charge in [0, 0.05) is 5.56 Å². The molecule has 2 aromatic carbocycles. The first-order valence-corrected chi connectivity index (χ1v) is 7.16. The second-order valence-electron chi connectivity index (χ2n) is 4.44. The molecule has 0 saturated heterocycles. The third-order valence-corrected chi connectivity index (χ3v) is 3.55. The van der Waals surface area contributed by atoms with Crippen LogP contribution in [0.5, 0.6) is 0 Å². The third-order valence-electron chi connectivity index (χ3n) is 2.96. The number of halogens is 2. The van der Waals surface area contributed by atoms with E-state index in [1.807, 2.05) is 18.2 Å². The zero-order chi connectivity index (χ0) is 15.5. The highest BCUT2D eigenvalue weighted by Crippen LogP contribution is 2.25. The van der Waals surface area contributed by atoms with E-state index in [0.29, 0.717) is 21.2 Å². The first-order chi connectivity index (χ1) is 10.6. The molecule has 0 bridgehead atoms. The van der Waals surface area contributed by atoms with Gasteiger partial charge in [0.2, 0.25) is 4.77 Å². The first kappa shape index (κ1) is 14.6. The minimum Gasteiger partial charge on any atom is -0.250 e. The van der Waals surface area contributed by atoms with Gasteiger partial charge in [-0.3, -0.25) is 0 Å². The Morgan fingerprint density at radius 1 is 1.18 bits per heavy atom. The lowest BCUT2D eigenvalue weighted by molar-refractivity contribution is 0.628. The van der Waals surface area contributed by atoms with Crippen LogP contribution in [-0.2, 0) is 0 Å². The summed E-state index contributed by atoms with van der Waals surface area (Å²) in [5.74, 6) is 0.211. The van der Waals surface area contributed by atoms with Crippen molar-refractivity contribution < 1.29 is 4.39 Å². The molecule has 22 heavy (non-hydrogen) atoms. The number of H-pyrrole nitrogens is 1. The van der Waals surface area contributed by atoms with E-state index in [1.54, 1.807) is 24.4 Å². The number of aromatic amines is 1. The maximum atomic E-state index is 12.9. The van der Waals surface area contributed by atoms with Crippen molar-refractivity contribution in [1.29, 1.82) is 0 Å². The highest BCUT2D eigenvalue weighted by molar-refractivity contribution is 7.71. The summed E-state index contributed by atoms with van der Waals surface area (Å²) in [6, 6.07) is 13.3. The summed E-state index contributed by atoms with van der Waals surface area (Å²) in [4.78, 5) is 0. The lowest BCUT2D eigenvalue weighted by Gasteiger charge is -2.02. The van der Waals surface area contributed by atoms with Crippen LogP contribution in [0.2, 0.25) is 5.02 Å². The smallest absolute Gasteiger partial charge is 0.216 e. The summed E-state index contributed by atoms with van der Waals surface area (Å²) in [5.41, 5.74) is 1.46. The summed E-state index contributed by atoms with van der Waals surface area (Å²) in [6.07, 6.45) is 1.57. The number of rotatable bonds is 3. The molecule has 0 saturated carbocycles. The normalized spacial score (nSPS) is 11.2. The zero-order valence-electron chi connectivity index (χ0n) is 11.2. The monoisotopic (exact) mass is 332 g/mol. The molecule has 3 rings (SSSR count). The summed E-state index contributed by atoms with van der Waals surface area (Å²) >= 11 is 11.4. The molecule has 1 heterocycles. The van der Waals surface area contributed by atoms with E-state index in [-0.39, 0.29) is 5.82 Å². The van der Waals surface area contributed by atoms with E-state index in [2.05, 4.69) is 15.3 Å². The molecule has 4 nitrogen and oxygen atoms in total. The highest BCUT2D eigenvalue weighted by atomic mass is 35.5. The summed E-state index contributed by atoms with van der Waals surface area (Å²) in [5, 5.41) is 11.7. The van der Waals surface area contributed by atoms with Gasteiger partial charge < -0.3 is 0 Å². The van der Waals surface area contributed by atoms with Gasteiger partial charge >= 0.3 is 0 Å². The van der Waals surface area contributed by atoms with Gasteiger partial charge in [-0.25, -0.2) is 9.49 Å². The number of hydrogen-bond donors (Lipinski definition) is 1. The third kappa shape index (κ3) is 2.98. The minimum absolute atomic E-state index is 0.297. The van der Waals surface area contributed by atoms with Crippen molar-refractivity contribution >= 4 is 30.0 Å². The average Bonchev–Trinajstić information content (AvgIpc) is 2.88. The number of hydrogen-bond acceptors (Lipinski definition) is 3. The maximum Gasteiger partial charge on any atom is 0.216 e. The molecule has 3 aromatic rings. The Hall–Kier alpha value is -2.31. The zero-order valence-corrected chi connectivity index (χ0v) is 12.8. The Labute approximate surface area is 135 Å². The Balaban J connectivity index is 2.02. The fourth-order valence-electron chi connectivity index (χ4n) is 1.89. The number of aromatic nitrogens is 3. The molecule has 110 valence electrons. The molecule has 1 N–H and O–H groups in total. The van der Waals surface area contributed by atoms with Crippen LogP contribution in [0.25, 0.3) is 11.4 Å². The Bertz CT molecular complexity index is 883. The molecule has 0 atom stereocenters. The van der Waals surface area contributed by atoms with E-state index in [4.69, 9.17) is 23.8 Å². The van der Waals surface area contributed by atoms with Gasteiger partial charge in [0.05, 0.1) is 11.2 Å². The van der Waals surface area contributed by atoms with Crippen molar-refractivity contribution in [1.82, 2.24) is 14.9 Å². The molecule has 0 fully saturated rings. The first-order valence-electron chi connectivity index (χ1n) is 6.37. The predicted molar refractivity (Wildman–Crippen MR) is 87.2 cm³/mol. The second kappa shape index (κ2) is 6.21. The van der Waals surface area contributed by atoms with Crippen molar-refractivity contribution in [2.45, 2.75) is 0 Å². The van der Waals surface area contributed by atoms with Crippen LogP contribution < -0.4 is 0 Å². The van der Waals surface area contributed by atoms with Crippen LogP contribution >= 0.6 is 23.8 Å². The Morgan fingerprint density at radius 3 is 2.64 bits per heavy atom. The Morgan fingerprint density at radius 2 is 1.91 bits per heavy atom. The van der Waals surface area contributed by atoms with Gasteiger partial charge in [-0.1, -0.05) is 35.9 Å². The molecule has 0 radical (unpaired) electrons. The van der Waals surface area contributed by atoms with Crippen molar-refractivity contribution in [2.24, 2.45) is 5.10 Å². The fraction of sp³-hybridized carbons (Fsp3) is 0. The molecule has 7 heteroatoms. The van der Waals surface area contributed by atoms with Crippen molar-refractivity contribution in [3.63, 3.8) is 0 Å². The average molecular weight is 333 g/mol. The maximum absolute atomic E-state index is 12.9. The van der Waals surface area contributed by atoms with Crippen LogP contribution in [0.4, 0.5) is 4.39 Å². The van der Waals surface area contributed by atoms with Crippen molar-refractivity contribution in [2.75, 3.05) is 0 Å². The number of benzene rings is 2. The molecule has 0 amide bonds. The lowest BCUT2D eigenvalue weighted by Crippen LogP contribution is -1.95. The summed E-state index contributed by atoms with van der Waals surface area (Å²) in [6.45, 7) is 0. The molecular weight excluding hydrogens is 323 g/mol. The summed E-state index contributed by atoms with van der Waals surface area (Å²) in [7, 11) is 0. The summed E-state index contributed by atoms with van der Waals surface area (Å²) < 4.78 is 14.7. The standard InChI is InChI=1S/C15H10ClFN4S/c16-13-4-2-1-3-12(13)14-19-20-15(22)21(14)18-9-10-5-7-11(17)8-6-10/h1-9H,(H,20,22)/b18-9-. The van der Waals surface area contributed by atoms with E-state index in [0.717, 1.165) is 5.56 Å². The Kier molecular flexibility index (Phi) is 4.13. The molecule has 0 aliphatic carbocycles. The fourth-order valence-corrected chi connectivity index (χ4v) is 2.29. The van der Waals surface area contributed by atoms with Crippen molar-refractivity contribution in [3.05, 3.63) is 69.7 Å². The topological polar surface area (TPSA) is 46.0 Å². The second-order valence-corrected chi connectivity index (χ2v) is 5.23. The lowest BCUT2D eigenvalue weighted by atomic mass is 10.2. The quantitative estimate of drug-likeness (QED) is 0.574. The predicted octanol–water partition coefficient (Wildman–Crippen LogP) is 4.28. The molecule has 0 spiro atoms. The van der Waals surface area contributed by atoms with Gasteiger partial charge in [0.15, 0.2) is 5.82 Å². The van der Waals surface area contributed by atoms with Gasteiger partial charge in [-0.05, 0) is 42.0 Å². The van der Waals surface area contributed by atoms with Gasteiger partial charge in [-0.15, -0.1) is 0 Å². The molecule has 1 aromatic heterocycles. The van der Waals surface area contributed by atoms with E-state index in [1.165, 1.54) is 16.8 Å². The van der Waals surface area contributed by atoms with E-state index >= 15 is 0 Å². The van der Waals surface area contributed by atoms with Crippen LogP contribution in [0.1, 0.15) is 5.56 Å². The van der Waals surface area contributed by atoms with Gasteiger partial charge in [-0.2, -0.15) is 14.9 Å². The largest absolute Gasteiger partial charge is 0.250 e. The molecule has 0 aliphatic rings. The SMILES string of the molecule is Fc1ccc(/C=N\n2c(-c3ccccc3Cl)n[nH]c2=S)cc1.